The van der Waals surface area contributed by atoms with Gasteiger partial charge in [0.2, 0.25) is 5.91 Å². The average Bonchev–Trinajstić information content (AvgIpc) is 3.38. The molecule has 9 heteroatoms. The Morgan fingerprint density at radius 1 is 1.10 bits per heavy atom. The van der Waals surface area contributed by atoms with Crippen LogP contribution in [0.25, 0.3) is 11.3 Å². The molecule has 1 fully saturated rings. The molecule has 1 aromatic heterocycles. The molecule has 2 amide bonds. The Morgan fingerprint density at radius 3 is 2.50 bits per heavy atom. The first-order chi connectivity index (χ1) is 14.3. The molecule has 0 bridgehead atoms. The third kappa shape index (κ3) is 3.78. The summed E-state index contributed by atoms with van der Waals surface area (Å²) in [5.41, 5.74) is 1.30. The van der Waals surface area contributed by atoms with E-state index in [0.717, 1.165) is 12.1 Å². The van der Waals surface area contributed by atoms with Gasteiger partial charge in [-0.15, -0.1) is 0 Å². The van der Waals surface area contributed by atoms with Gasteiger partial charge in [-0.1, -0.05) is 18.2 Å². The number of alkyl halides is 3. The quantitative estimate of drug-likeness (QED) is 0.684. The summed E-state index contributed by atoms with van der Waals surface area (Å²) in [7, 11) is 0. The van der Waals surface area contributed by atoms with Crippen LogP contribution in [0, 0.1) is 0 Å². The molecule has 1 aliphatic heterocycles. The molecule has 1 atom stereocenters. The Balaban J connectivity index is 1.48. The largest absolute Gasteiger partial charge is 0.416 e. The second-order valence-corrected chi connectivity index (χ2v) is 6.87. The third-order valence-electron chi connectivity index (χ3n) is 4.98. The van der Waals surface area contributed by atoms with Crippen molar-refractivity contribution in [1.29, 1.82) is 0 Å². The summed E-state index contributed by atoms with van der Waals surface area (Å²) in [5.74, 6) is -0.769. The Labute approximate surface area is 169 Å². The molecule has 0 spiro atoms. The topological polar surface area (TPSA) is 78.1 Å². The fourth-order valence-corrected chi connectivity index (χ4v) is 3.46. The lowest BCUT2D eigenvalue weighted by Gasteiger charge is -2.18. The number of carbonyl (C=O) groups is 2. The van der Waals surface area contributed by atoms with Gasteiger partial charge in [0, 0.05) is 29.6 Å². The second-order valence-electron chi connectivity index (χ2n) is 6.87. The van der Waals surface area contributed by atoms with E-state index >= 15 is 0 Å². The van der Waals surface area contributed by atoms with Gasteiger partial charge in [0.25, 0.3) is 5.91 Å². The highest BCUT2D eigenvalue weighted by molar-refractivity contribution is 6.06. The van der Waals surface area contributed by atoms with E-state index in [0.29, 0.717) is 35.5 Å². The molecule has 6 nitrogen and oxygen atoms in total. The monoisotopic (exact) mass is 414 g/mol. The van der Waals surface area contributed by atoms with Crippen molar-refractivity contribution in [3.8, 4) is 11.3 Å². The number of hydrogen-bond acceptors (Lipinski definition) is 3. The smallest absolute Gasteiger partial charge is 0.340 e. The number of hydrogen-bond donors (Lipinski definition) is 2. The van der Waals surface area contributed by atoms with Gasteiger partial charge < -0.3 is 10.2 Å². The van der Waals surface area contributed by atoms with Crippen molar-refractivity contribution in [2.24, 2.45) is 0 Å². The van der Waals surface area contributed by atoms with Crippen LogP contribution in [0.3, 0.4) is 0 Å². The number of nitrogens with one attached hydrogen (secondary N) is 2. The molecule has 2 heterocycles. The van der Waals surface area contributed by atoms with Gasteiger partial charge in [-0.05, 0) is 42.8 Å². The number of benzene rings is 2. The van der Waals surface area contributed by atoms with Gasteiger partial charge in [-0.3, -0.25) is 14.7 Å². The summed E-state index contributed by atoms with van der Waals surface area (Å²) in [4.78, 5) is 26.9. The van der Waals surface area contributed by atoms with Crippen molar-refractivity contribution in [2.75, 3.05) is 11.4 Å². The number of aromatic nitrogens is 2. The first kappa shape index (κ1) is 19.7. The molecule has 30 heavy (non-hydrogen) atoms. The van der Waals surface area contributed by atoms with Crippen LogP contribution < -0.4 is 10.2 Å². The minimum absolute atomic E-state index is 0.303. The summed E-state index contributed by atoms with van der Waals surface area (Å²) >= 11 is 0. The minimum atomic E-state index is -4.44. The lowest BCUT2D eigenvalue weighted by atomic mass is 10.0. The van der Waals surface area contributed by atoms with Gasteiger partial charge in [0.05, 0.1) is 11.3 Å². The molecule has 2 N–H and O–H groups in total. The van der Waals surface area contributed by atoms with Crippen molar-refractivity contribution < 1.29 is 22.8 Å². The Hall–Kier alpha value is -3.62. The van der Waals surface area contributed by atoms with Crippen molar-refractivity contribution in [3.63, 3.8) is 0 Å². The van der Waals surface area contributed by atoms with E-state index in [-0.39, 0.29) is 5.91 Å². The van der Waals surface area contributed by atoms with Gasteiger partial charge in [-0.2, -0.15) is 18.3 Å². The molecule has 1 saturated heterocycles. The fraction of sp³-hybridized carbons (Fsp3) is 0.190. The Kier molecular flexibility index (Phi) is 5.03. The summed E-state index contributed by atoms with van der Waals surface area (Å²) < 4.78 is 38.2. The maximum absolute atomic E-state index is 12.8. The van der Waals surface area contributed by atoms with E-state index in [1.807, 2.05) is 0 Å². The average molecular weight is 414 g/mol. The van der Waals surface area contributed by atoms with Crippen LogP contribution in [0.5, 0.6) is 0 Å². The number of halogens is 3. The zero-order valence-electron chi connectivity index (χ0n) is 15.6. The maximum atomic E-state index is 12.8. The molecule has 154 valence electrons. The number of rotatable bonds is 4. The number of amides is 2. The number of nitrogens with zero attached hydrogens (tertiary/aromatic N) is 2. The van der Waals surface area contributed by atoms with Crippen LogP contribution in [0.1, 0.15) is 22.3 Å². The number of aromatic amines is 1. The van der Waals surface area contributed by atoms with Crippen LogP contribution >= 0.6 is 0 Å². The maximum Gasteiger partial charge on any atom is 0.416 e. The molecular weight excluding hydrogens is 397 g/mol. The molecule has 4 rings (SSSR count). The molecule has 0 saturated carbocycles. The minimum Gasteiger partial charge on any atom is -0.340 e. The highest BCUT2D eigenvalue weighted by Crippen LogP contribution is 2.31. The van der Waals surface area contributed by atoms with Crippen LogP contribution in [0.2, 0.25) is 0 Å². The lowest BCUT2D eigenvalue weighted by Crippen LogP contribution is -2.41. The summed E-state index contributed by atoms with van der Waals surface area (Å²) in [6.45, 7) is 0.303. The van der Waals surface area contributed by atoms with Crippen molar-refractivity contribution >= 4 is 17.5 Å². The predicted octanol–water partition coefficient (Wildman–Crippen LogP) is 3.63. The normalized spacial score (nSPS) is 16.7. The molecular formula is C21H17F3N4O2. The van der Waals surface area contributed by atoms with Gasteiger partial charge in [0.1, 0.15) is 6.04 Å². The van der Waals surface area contributed by atoms with Crippen LogP contribution in [-0.2, 0) is 11.0 Å². The summed E-state index contributed by atoms with van der Waals surface area (Å²) in [6, 6.07) is 12.3. The zero-order chi connectivity index (χ0) is 21.3. The zero-order valence-corrected chi connectivity index (χ0v) is 15.6. The number of H-pyrrole nitrogens is 1. The van der Waals surface area contributed by atoms with E-state index in [1.54, 1.807) is 36.5 Å². The molecule has 3 aromatic rings. The number of carbonyl (C=O) groups excluding carboxylic acids is 2. The Morgan fingerprint density at radius 2 is 1.83 bits per heavy atom. The second kappa shape index (κ2) is 7.66. The molecule has 1 aliphatic rings. The standard InChI is InChI=1S/C21H17F3N4O2/c22-21(23,24)13-5-7-14(8-6-13)28-12-10-18(20(28)30)26-19(29)16-4-2-1-3-15(16)17-9-11-25-27-17/h1-9,11,18H,10,12H2,(H,25,27)(H,26,29). The van der Waals surface area contributed by atoms with E-state index in [2.05, 4.69) is 15.5 Å². The highest BCUT2D eigenvalue weighted by Gasteiger charge is 2.35. The number of anilines is 1. The van der Waals surface area contributed by atoms with Crippen molar-refractivity contribution in [3.05, 3.63) is 71.9 Å². The van der Waals surface area contributed by atoms with E-state index in [1.165, 1.54) is 17.0 Å². The highest BCUT2D eigenvalue weighted by atomic mass is 19.4. The SMILES string of the molecule is O=C(NC1CCN(c2ccc(C(F)(F)F)cc2)C1=O)c1ccccc1-c1ccn[nH]1. The van der Waals surface area contributed by atoms with Crippen LogP contribution in [-0.4, -0.2) is 34.6 Å². The van der Waals surface area contributed by atoms with E-state index < -0.39 is 23.7 Å². The first-order valence-electron chi connectivity index (χ1n) is 9.23. The third-order valence-corrected chi connectivity index (χ3v) is 4.98. The molecule has 0 radical (unpaired) electrons. The van der Waals surface area contributed by atoms with Crippen LogP contribution in [0.15, 0.2) is 60.8 Å². The van der Waals surface area contributed by atoms with E-state index in [9.17, 15) is 22.8 Å². The molecule has 1 unspecified atom stereocenters. The van der Waals surface area contributed by atoms with Crippen LogP contribution in [0.4, 0.5) is 18.9 Å². The summed E-state index contributed by atoms with van der Waals surface area (Å²) in [6.07, 6.45) is -2.50. The van der Waals surface area contributed by atoms with Gasteiger partial charge in [-0.25, -0.2) is 0 Å². The lowest BCUT2D eigenvalue weighted by molar-refractivity contribution is -0.137. The van der Waals surface area contributed by atoms with Gasteiger partial charge in [0.15, 0.2) is 0 Å². The predicted molar refractivity (Wildman–Crippen MR) is 104 cm³/mol. The molecule has 0 aliphatic carbocycles. The first-order valence-corrected chi connectivity index (χ1v) is 9.23. The summed E-state index contributed by atoms with van der Waals surface area (Å²) in [5, 5.41) is 9.44. The van der Waals surface area contributed by atoms with Gasteiger partial charge >= 0.3 is 6.18 Å². The van der Waals surface area contributed by atoms with Crippen molar-refractivity contribution in [1.82, 2.24) is 15.5 Å². The van der Waals surface area contributed by atoms with E-state index in [4.69, 9.17) is 0 Å². The fourth-order valence-electron chi connectivity index (χ4n) is 3.46. The molecule has 2 aromatic carbocycles. The van der Waals surface area contributed by atoms with Crippen molar-refractivity contribution in [2.45, 2.75) is 18.6 Å². The Bertz CT molecular complexity index is 1060.